The number of benzene rings is 1. The highest BCUT2D eigenvalue weighted by Gasteiger charge is 2.24. The average Bonchev–Trinajstić information content (AvgIpc) is 2.41. The Balaban J connectivity index is 2.10. The Morgan fingerprint density at radius 1 is 1.44 bits per heavy atom. The predicted molar refractivity (Wildman–Crippen MR) is 71.8 cm³/mol. The number of likely N-dealkylation sites (tertiary alicyclic amines) is 1. The molecule has 0 spiro atoms. The summed E-state index contributed by atoms with van der Waals surface area (Å²) in [7, 11) is 0. The Hall–Kier alpha value is -0.940. The molecular formula is C13H16BrFN2O. The molecule has 0 unspecified atom stereocenters. The first-order valence-corrected chi connectivity index (χ1v) is 6.86. The minimum Gasteiger partial charge on any atom is -0.339 e. The highest BCUT2D eigenvalue weighted by Crippen LogP contribution is 2.24. The summed E-state index contributed by atoms with van der Waals surface area (Å²) >= 11 is 3.13. The lowest BCUT2D eigenvalue weighted by molar-refractivity contribution is 0.0692. The van der Waals surface area contributed by atoms with Gasteiger partial charge in [-0.3, -0.25) is 4.79 Å². The molecule has 3 nitrogen and oxygen atoms in total. The number of nitrogens with zero attached hydrogens (tertiary/aromatic N) is 1. The zero-order valence-corrected chi connectivity index (χ0v) is 11.6. The molecule has 0 atom stereocenters. The SMILES string of the molecule is NCC1CCN(C(=O)c2cccc(F)c2Br)CC1. The van der Waals surface area contributed by atoms with Crippen molar-refractivity contribution in [2.75, 3.05) is 19.6 Å². The second-order valence-corrected chi connectivity index (χ2v) is 5.37. The van der Waals surface area contributed by atoms with E-state index in [0.29, 0.717) is 31.1 Å². The summed E-state index contributed by atoms with van der Waals surface area (Å²) in [6.07, 6.45) is 1.85. The van der Waals surface area contributed by atoms with Crippen LogP contribution in [-0.4, -0.2) is 30.4 Å². The normalized spacial score (nSPS) is 16.9. The van der Waals surface area contributed by atoms with Gasteiger partial charge in [-0.15, -0.1) is 0 Å². The van der Waals surface area contributed by atoms with E-state index in [1.54, 1.807) is 17.0 Å². The number of nitrogens with two attached hydrogens (primary N) is 1. The number of amides is 1. The van der Waals surface area contributed by atoms with Crippen LogP contribution in [0.4, 0.5) is 4.39 Å². The fourth-order valence-corrected chi connectivity index (χ4v) is 2.64. The number of rotatable bonds is 2. The van der Waals surface area contributed by atoms with Gasteiger partial charge in [-0.05, 0) is 53.4 Å². The first kappa shape index (κ1) is 13.5. The van der Waals surface area contributed by atoms with Crippen LogP contribution < -0.4 is 5.73 Å². The van der Waals surface area contributed by atoms with Crippen molar-refractivity contribution in [3.05, 3.63) is 34.1 Å². The lowest BCUT2D eigenvalue weighted by Crippen LogP contribution is -2.40. The molecule has 1 aromatic carbocycles. The van der Waals surface area contributed by atoms with E-state index in [4.69, 9.17) is 5.73 Å². The Bertz CT molecular complexity index is 445. The van der Waals surface area contributed by atoms with Crippen LogP contribution in [0.5, 0.6) is 0 Å². The molecule has 0 saturated carbocycles. The van der Waals surface area contributed by atoms with Gasteiger partial charge in [0.05, 0.1) is 10.0 Å². The first-order valence-electron chi connectivity index (χ1n) is 6.07. The number of piperidine rings is 1. The zero-order valence-electron chi connectivity index (χ0n) is 10.0. The summed E-state index contributed by atoms with van der Waals surface area (Å²) in [5.41, 5.74) is 6.01. The van der Waals surface area contributed by atoms with E-state index in [1.165, 1.54) is 6.07 Å². The summed E-state index contributed by atoms with van der Waals surface area (Å²) in [5, 5.41) is 0. The van der Waals surface area contributed by atoms with Crippen molar-refractivity contribution >= 4 is 21.8 Å². The third kappa shape index (κ3) is 2.72. The molecule has 1 aliphatic rings. The maximum Gasteiger partial charge on any atom is 0.255 e. The van der Waals surface area contributed by atoms with Gasteiger partial charge in [-0.2, -0.15) is 0 Å². The Morgan fingerprint density at radius 3 is 2.72 bits per heavy atom. The predicted octanol–water partition coefficient (Wildman–Crippen LogP) is 2.40. The van der Waals surface area contributed by atoms with E-state index in [1.807, 2.05) is 0 Å². The second kappa shape index (κ2) is 5.80. The van der Waals surface area contributed by atoms with Crippen molar-refractivity contribution in [3.63, 3.8) is 0 Å². The van der Waals surface area contributed by atoms with Crippen molar-refractivity contribution in [1.82, 2.24) is 4.90 Å². The van der Waals surface area contributed by atoms with E-state index >= 15 is 0 Å². The number of carbonyl (C=O) groups excluding carboxylic acids is 1. The van der Waals surface area contributed by atoms with Gasteiger partial charge in [-0.1, -0.05) is 6.07 Å². The summed E-state index contributed by atoms with van der Waals surface area (Å²) in [6, 6.07) is 4.53. The summed E-state index contributed by atoms with van der Waals surface area (Å²) < 4.78 is 13.6. The maximum atomic E-state index is 13.4. The van der Waals surface area contributed by atoms with Crippen molar-refractivity contribution in [3.8, 4) is 0 Å². The highest BCUT2D eigenvalue weighted by molar-refractivity contribution is 9.10. The van der Waals surface area contributed by atoms with E-state index in [2.05, 4.69) is 15.9 Å². The number of halogens is 2. The molecule has 2 rings (SSSR count). The van der Waals surface area contributed by atoms with Crippen LogP contribution in [0, 0.1) is 11.7 Å². The van der Waals surface area contributed by atoms with E-state index in [9.17, 15) is 9.18 Å². The van der Waals surface area contributed by atoms with Gasteiger partial charge in [0.1, 0.15) is 5.82 Å². The molecule has 1 fully saturated rings. The van der Waals surface area contributed by atoms with Crippen molar-refractivity contribution in [2.24, 2.45) is 11.7 Å². The van der Waals surface area contributed by atoms with Gasteiger partial charge in [-0.25, -0.2) is 4.39 Å². The lowest BCUT2D eigenvalue weighted by atomic mass is 9.96. The van der Waals surface area contributed by atoms with Crippen LogP contribution >= 0.6 is 15.9 Å². The Kier molecular flexibility index (Phi) is 4.35. The van der Waals surface area contributed by atoms with Crippen LogP contribution in [0.1, 0.15) is 23.2 Å². The first-order chi connectivity index (χ1) is 8.63. The fraction of sp³-hybridized carbons (Fsp3) is 0.462. The van der Waals surface area contributed by atoms with Crippen LogP contribution in [0.15, 0.2) is 22.7 Å². The largest absolute Gasteiger partial charge is 0.339 e. The molecule has 98 valence electrons. The van der Waals surface area contributed by atoms with E-state index < -0.39 is 5.82 Å². The van der Waals surface area contributed by atoms with Gasteiger partial charge in [0.25, 0.3) is 5.91 Å². The van der Waals surface area contributed by atoms with Gasteiger partial charge >= 0.3 is 0 Å². The summed E-state index contributed by atoms with van der Waals surface area (Å²) in [4.78, 5) is 14.0. The zero-order chi connectivity index (χ0) is 13.1. The Labute approximate surface area is 114 Å². The van der Waals surface area contributed by atoms with Crippen molar-refractivity contribution < 1.29 is 9.18 Å². The smallest absolute Gasteiger partial charge is 0.255 e. The van der Waals surface area contributed by atoms with E-state index in [0.717, 1.165) is 12.8 Å². The molecule has 0 aliphatic carbocycles. The molecule has 0 radical (unpaired) electrons. The quantitative estimate of drug-likeness (QED) is 0.911. The fourth-order valence-electron chi connectivity index (χ4n) is 2.21. The molecule has 0 bridgehead atoms. The Morgan fingerprint density at radius 2 is 2.11 bits per heavy atom. The molecule has 1 aliphatic heterocycles. The highest BCUT2D eigenvalue weighted by atomic mass is 79.9. The van der Waals surface area contributed by atoms with Gasteiger partial charge in [0, 0.05) is 13.1 Å². The minimum absolute atomic E-state index is 0.114. The van der Waals surface area contributed by atoms with Gasteiger partial charge < -0.3 is 10.6 Å². The maximum absolute atomic E-state index is 13.4. The number of hydrogen-bond acceptors (Lipinski definition) is 2. The molecule has 0 aromatic heterocycles. The monoisotopic (exact) mass is 314 g/mol. The lowest BCUT2D eigenvalue weighted by Gasteiger charge is -2.31. The van der Waals surface area contributed by atoms with Crippen LogP contribution in [0.2, 0.25) is 0 Å². The third-order valence-electron chi connectivity index (χ3n) is 3.42. The standard InChI is InChI=1S/C13H16BrFN2O/c14-12-10(2-1-3-11(12)15)13(18)17-6-4-9(8-16)5-7-17/h1-3,9H,4-8,16H2. The molecular weight excluding hydrogens is 299 g/mol. The van der Waals surface area contributed by atoms with Gasteiger partial charge in [0.15, 0.2) is 0 Å². The molecule has 18 heavy (non-hydrogen) atoms. The number of carbonyl (C=O) groups is 1. The second-order valence-electron chi connectivity index (χ2n) is 4.57. The molecule has 5 heteroatoms. The third-order valence-corrected chi connectivity index (χ3v) is 4.22. The van der Waals surface area contributed by atoms with Gasteiger partial charge in [0.2, 0.25) is 0 Å². The molecule has 1 aromatic rings. The summed E-state index contributed by atoms with van der Waals surface area (Å²) in [6.45, 7) is 2.07. The average molecular weight is 315 g/mol. The van der Waals surface area contributed by atoms with E-state index in [-0.39, 0.29) is 10.4 Å². The van der Waals surface area contributed by atoms with Crippen LogP contribution in [0.3, 0.4) is 0 Å². The number of hydrogen-bond donors (Lipinski definition) is 1. The van der Waals surface area contributed by atoms with Crippen molar-refractivity contribution in [2.45, 2.75) is 12.8 Å². The minimum atomic E-state index is -0.405. The van der Waals surface area contributed by atoms with Crippen molar-refractivity contribution in [1.29, 1.82) is 0 Å². The summed E-state index contributed by atoms with van der Waals surface area (Å²) in [5.74, 6) is -0.0143. The van der Waals surface area contributed by atoms with Crippen LogP contribution in [0.25, 0.3) is 0 Å². The molecule has 1 saturated heterocycles. The van der Waals surface area contributed by atoms with Crippen LogP contribution in [-0.2, 0) is 0 Å². The molecule has 2 N–H and O–H groups in total. The molecule has 1 heterocycles. The topological polar surface area (TPSA) is 46.3 Å². The molecule has 1 amide bonds.